The summed E-state index contributed by atoms with van der Waals surface area (Å²) in [6.07, 6.45) is 0.708. The Labute approximate surface area is 170 Å². The van der Waals surface area contributed by atoms with E-state index in [2.05, 4.69) is 16.2 Å². The molecule has 30 heavy (non-hydrogen) atoms. The van der Waals surface area contributed by atoms with E-state index in [1.807, 2.05) is 0 Å². The molecule has 1 aromatic heterocycles. The lowest BCUT2D eigenvalue weighted by Gasteiger charge is -2.12. The van der Waals surface area contributed by atoms with Crippen molar-refractivity contribution in [2.24, 2.45) is 5.73 Å². The van der Waals surface area contributed by atoms with Crippen LogP contribution in [0.2, 0.25) is 0 Å². The van der Waals surface area contributed by atoms with Crippen LogP contribution in [0.15, 0.2) is 60.7 Å². The van der Waals surface area contributed by atoms with Gasteiger partial charge in [0.2, 0.25) is 5.88 Å². The Morgan fingerprint density at radius 3 is 2.60 bits per heavy atom. The number of halogens is 3. The van der Waals surface area contributed by atoms with Crippen LogP contribution in [0.1, 0.15) is 27.2 Å². The molecule has 3 rings (SSSR count). The molecule has 0 radical (unpaired) electrons. The van der Waals surface area contributed by atoms with E-state index in [9.17, 15) is 18.0 Å². The van der Waals surface area contributed by atoms with Crippen molar-refractivity contribution in [3.63, 3.8) is 0 Å². The number of nitrogens with two attached hydrogens (primary N) is 1. The summed E-state index contributed by atoms with van der Waals surface area (Å²) in [6.45, 7) is -0.110. The molecule has 0 atom stereocenters. The molecule has 0 aliphatic rings. The number of carbonyl (C=O) groups excluding carboxylic acids is 1. The topological polar surface area (TPSA) is 77.2 Å². The summed E-state index contributed by atoms with van der Waals surface area (Å²) >= 11 is 0. The van der Waals surface area contributed by atoms with E-state index in [-0.39, 0.29) is 29.3 Å². The van der Waals surface area contributed by atoms with Gasteiger partial charge in [0, 0.05) is 29.4 Å². The van der Waals surface area contributed by atoms with Crippen molar-refractivity contribution in [3.8, 4) is 24.0 Å². The SMILES string of the molecule is C#Cc1cccc(NC(=O)c2cccc(Oc3cc(CN)cc(C(F)(F)F)n3)c2)c1. The number of hydrogen-bond donors (Lipinski definition) is 2. The van der Waals surface area contributed by atoms with Gasteiger partial charge in [0.15, 0.2) is 0 Å². The maximum atomic E-state index is 13.0. The summed E-state index contributed by atoms with van der Waals surface area (Å²) in [5.74, 6) is 1.91. The first-order valence-electron chi connectivity index (χ1n) is 8.72. The summed E-state index contributed by atoms with van der Waals surface area (Å²) in [6, 6.07) is 14.9. The quantitative estimate of drug-likeness (QED) is 0.603. The summed E-state index contributed by atoms with van der Waals surface area (Å²) in [7, 11) is 0. The first-order valence-corrected chi connectivity index (χ1v) is 8.72. The van der Waals surface area contributed by atoms with Gasteiger partial charge in [0.1, 0.15) is 11.4 Å². The maximum absolute atomic E-state index is 13.0. The largest absolute Gasteiger partial charge is 0.439 e. The highest BCUT2D eigenvalue weighted by atomic mass is 19.4. The van der Waals surface area contributed by atoms with Gasteiger partial charge in [-0.2, -0.15) is 13.2 Å². The van der Waals surface area contributed by atoms with E-state index in [4.69, 9.17) is 16.9 Å². The number of alkyl halides is 3. The Balaban J connectivity index is 1.82. The van der Waals surface area contributed by atoms with Crippen molar-refractivity contribution in [2.45, 2.75) is 12.7 Å². The zero-order chi connectivity index (χ0) is 21.7. The van der Waals surface area contributed by atoms with E-state index >= 15 is 0 Å². The van der Waals surface area contributed by atoms with Gasteiger partial charge in [-0.15, -0.1) is 6.42 Å². The van der Waals surface area contributed by atoms with Crippen molar-refractivity contribution in [2.75, 3.05) is 5.32 Å². The van der Waals surface area contributed by atoms with Crippen LogP contribution in [-0.4, -0.2) is 10.9 Å². The van der Waals surface area contributed by atoms with Crippen molar-refractivity contribution < 1.29 is 22.7 Å². The average molecular weight is 411 g/mol. The third kappa shape index (κ3) is 5.16. The van der Waals surface area contributed by atoms with E-state index in [1.54, 1.807) is 30.3 Å². The minimum absolute atomic E-state index is 0.110. The second-order valence-corrected chi connectivity index (χ2v) is 6.21. The molecule has 3 aromatic rings. The molecule has 8 heteroatoms. The fraction of sp³-hybridized carbons (Fsp3) is 0.0909. The lowest BCUT2D eigenvalue weighted by atomic mass is 10.1. The molecule has 1 heterocycles. The first kappa shape index (κ1) is 20.9. The minimum Gasteiger partial charge on any atom is -0.439 e. The lowest BCUT2D eigenvalue weighted by molar-refractivity contribution is -0.141. The van der Waals surface area contributed by atoms with Gasteiger partial charge in [0.05, 0.1) is 0 Å². The third-order valence-corrected chi connectivity index (χ3v) is 3.99. The zero-order valence-corrected chi connectivity index (χ0v) is 15.5. The van der Waals surface area contributed by atoms with Gasteiger partial charge in [-0.3, -0.25) is 4.79 Å². The van der Waals surface area contributed by atoms with E-state index in [0.717, 1.165) is 6.07 Å². The van der Waals surface area contributed by atoms with Gasteiger partial charge in [-0.05, 0) is 48.0 Å². The standard InChI is InChI=1S/C22H16F3N3O2/c1-2-14-5-3-7-17(9-14)27-21(29)16-6-4-8-18(12-16)30-20-11-15(13-26)10-19(28-20)22(23,24)25/h1,3-12H,13,26H2,(H,27,29). The van der Waals surface area contributed by atoms with Crippen molar-refractivity contribution >= 4 is 11.6 Å². The van der Waals surface area contributed by atoms with Crippen LogP contribution in [0.4, 0.5) is 18.9 Å². The number of aromatic nitrogens is 1. The Kier molecular flexibility index (Phi) is 6.04. The summed E-state index contributed by atoms with van der Waals surface area (Å²) in [5, 5.41) is 2.70. The van der Waals surface area contributed by atoms with Crippen LogP contribution in [-0.2, 0) is 12.7 Å². The smallest absolute Gasteiger partial charge is 0.433 e. The highest BCUT2D eigenvalue weighted by Gasteiger charge is 2.33. The Hall–Kier alpha value is -3.83. The molecule has 0 aliphatic carbocycles. The molecule has 5 nitrogen and oxygen atoms in total. The predicted octanol–water partition coefficient (Wildman–Crippen LogP) is 4.59. The van der Waals surface area contributed by atoms with Crippen LogP contribution >= 0.6 is 0 Å². The second-order valence-electron chi connectivity index (χ2n) is 6.21. The second kappa shape index (κ2) is 8.68. The molecular formula is C22H16F3N3O2. The average Bonchev–Trinajstić information content (AvgIpc) is 2.73. The molecule has 0 saturated carbocycles. The van der Waals surface area contributed by atoms with Crippen LogP contribution in [0.25, 0.3) is 0 Å². The van der Waals surface area contributed by atoms with E-state index in [1.165, 1.54) is 24.3 Å². The molecule has 1 amide bonds. The zero-order valence-electron chi connectivity index (χ0n) is 15.5. The number of ether oxygens (including phenoxy) is 1. The number of anilines is 1. The lowest BCUT2D eigenvalue weighted by Crippen LogP contribution is -2.12. The number of rotatable bonds is 5. The van der Waals surface area contributed by atoms with E-state index in [0.29, 0.717) is 11.3 Å². The van der Waals surface area contributed by atoms with Gasteiger partial charge in [-0.1, -0.05) is 18.1 Å². The number of hydrogen-bond acceptors (Lipinski definition) is 4. The third-order valence-electron chi connectivity index (χ3n) is 3.99. The summed E-state index contributed by atoms with van der Waals surface area (Å²) in [4.78, 5) is 16.0. The van der Waals surface area contributed by atoms with Gasteiger partial charge in [-0.25, -0.2) is 4.98 Å². The van der Waals surface area contributed by atoms with Crippen LogP contribution in [0.3, 0.4) is 0 Å². The highest BCUT2D eigenvalue weighted by molar-refractivity contribution is 6.04. The Morgan fingerprint density at radius 2 is 1.90 bits per heavy atom. The molecule has 0 aliphatic heterocycles. The number of pyridine rings is 1. The number of nitrogens with one attached hydrogen (secondary N) is 1. The first-order chi connectivity index (χ1) is 14.3. The monoisotopic (exact) mass is 411 g/mol. The van der Waals surface area contributed by atoms with Crippen molar-refractivity contribution in [1.29, 1.82) is 0 Å². The fourth-order valence-corrected chi connectivity index (χ4v) is 2.59. The van der Waals surface area contributed by atoms with E-state index < -0.39 is 17.8 Å². The highest BCUT2D eigenvalue weighted by Crippen LogP contribution is 2.31. The molecule has 0 spiro atoms. The molecule has 152 valence electrons. The fourth-order valence-electron chi connectivity index (χ4n) is 2.59. The molecule has 0 bridgehead atoms. The minimum atomic E-state index is -4.64. The number of nitrogens with zero attached hydrogens (tertiary/aromatic N) is 1. The van der Waals surface area contributed by atoms with Crippen LogP contribution < -0.4 is 15.8 Å². The Bertz CT molecular complexity index is 1120. The maximum Gasteiger partial charge on any atom is 0.433 e. The van der Waals surface area contributed by atoms with Gasteiger partial charge in [0.25, 0.3) is 5.91 Å². The van der Waals surface area contributed by atoms with Gasteiger partial charge < -0.3 is 15.8 Å². The van der Waals surface area contributed by atoms with Crippen molar-refractivity contribution in [3.05, 3.63) is 83.0 Å². The molecular weight excluding hydrogens is 395 g/mol. The van der Waals surface area contributed by atoms with Crippen LogP contribution in [0, 0.1) is 12.3 Å². The number of amides is 1. The molecule has 2 aromatic carbocycles. The molecule has 0 saturated heterocycles. The van der Waals surface area contributed by atoms with Gasteiger partial charge >= 0.3 is 6.18 Å². The Morgan fingerprint density at radius 1 is 1.13 bits per heavy atom. The van der Waals surface area contributed by atoms with Crippen LogP contribution in [0.5, 0.6) is 11.6 Å². The normalized spacial score (nSPS) is 10.9. The number of terminal acetylenes is 1. The predicted molar refractivity (Wildman–Crippen MR) is 106 cm³/mol. The summed E-state index contributed by atoms with van der Waals surface area (Å²) in [5.41, 5.74) is 5.93. The summed E-state index contributed by atoms with van der Waals surface area (Å²) < 4.78 is 44.6. The molecule has 3 N–H and O–H groups in total. The number of carbonyl (C=O) groups is 1. The number of benzene rings is 2. The van der Waals surface area contributed by atoms with Crippen molar-refractivity contribution in [1.82, 2.24) is 4.98 Å². The molecule has 0 fully saturated rings. The molecule has 0 unspecified atom stereocenters.